The van der Waals surface area contributed by atoms with Gasteiger partial charge in [-0.15, -0.1) is 0 Å². The van der Waals surface area contributed by atoms with Crippen molar-refractivity contribution in [3.05, 3.63) is 0 Å². The molecule has 2 fully saturated rings. The maximum absolute atomic E-state index is 6.13. The molecule has 2 aliphatic rings. The van der Waals surface area contributed by atoms with Crippen molar-refractivity contribution >= 4 is 18.8 Å². The van der Waals surface area contributed by atoms with Gasteiger partial charge in [0.15, 0.2) is 0 Å². The molecular formula is C6H12Cl2N2Pt. The third kappa shape index (κ3) is 3.20. The van der Waals surface area contributed by atoms with Crippen LogP contribution < -0.4 is 7.75 Å². The molecule has 2 rings (SSSR count). The molecule has 0 amide bonds. The van der Waals surface area contributed by atoms with Crippen LogP contribution in [0.25, 0.3) is 0 Å². The topological polar surface area (TPSA) is 24.1 Å². The van der Waals surface area contributed by atoms with Crippen molar-refractivity contribution < 1.29 is 14.5 Å². The number of hydrogen-bond donors (Lipinski definition) is 2. The molecule has 0 bridgehead atoms. The second kappa shape index (κ2) is 3.15. The van der Waals surface area contributed by atoms with Gasteiger partial charge in [0.1, 0.15) is 0 Å². The Morgan fingerprint density at radius 2 is 1.27 bits per heavy atom. The summed E-state index contributed by atoms with van der Waals surface area (Å²) in [5, 5.41) is 0. The molecule has 0 spiro atoms. The van der Waals surface area contributed by atoms with Gasteiger partial charge in [-0.1, -0.05) is 0 Å². The summed E-state index contributed by atoms with van der Waals surface area (Å²) in [6.07, 6.45) is 4.99. The Bertz CT molecular complexity index is 141. The molecule has 11 heavy (non-hydrogen) atoms. The van der Waals surface area contributed by atoms with E-state index in [0.29, 0.717) is 12.1 Å². The van der Waals surface area contributed by atoms with E-state index in [4.69, 9.17) is 18.8 Å². The van der Waals surface area contributed by atoms with Gasteiger partial charge in [0.25, 0.3) is 0 Å². The van der Waals surface area contributed by atoms with Gasteiger partial charge >= 0.3 is 78.8 Å². The fourth-order valence-electron chi connectivity index (χ4n) is 0.700. The van der Waals surface area contributed by atoms with E-state index in [1.54, 1.807) is 0 Å². The van der Waals surface area contributed by atoms with Gasteiger partial charge in [-0.3, -0.25) is 0 Å². The van der Waals surface area contributed by atoms with Crippen molar-refractivity contribution in [1.82, 2.24) is 7.75 Å². The van der Waals surface area contributed by atoms with E-state index in [9.17, 15) is 0 Å². The molecule has 0 aromatic carbocycles. The van der Waals surface area contributed by atoms with Crippen LogP contribution in [0.2, 0.25) is 0 Å². The van der Waals surface area contributed by atoms with Crippen molar-refractivity contribution in [1.29, 1.82) is 0 Å². The summed E-state index contributed by atoms with van der Waals surface area (Å²) >= 11 is -2.67. The molecule has 2 saturated carbocycles. The van der Waals surface area contributed by atoms with Gasteiger partial charge in [-0.2, -0.15) is 0 Å². The summed E-state index contributed by atoms with van der Waals surface area (Å²) in [7, 11) is 12.3. The van der Waals surface area contributed by atoms with Crippen LogP contribution in [-0.4, -0.2) is 12.1 Å². The van der Waals surface area contributed by atoms with Crippen LogP contribution in [-0.2, 0) is 14.5 Å². The first kappa shape index (κ1) is 8.77. The van der Waals surface area contributed by atoms with Crippen molar-refractivity contribution in [2.45, 2.75) is 37.8 Å². The zero-order chi connectivity index (χ0) is 7.90. The monoisotopic (exact) mass is 377 g/mol. The molecular weight excluding hydrogens is 366 g/mol. The molecule has 0 saturated heterocycles. The van der Waals surface area contributed by atoms with Crippen LogP contribution in [0.5, 0.6) is 0 Å². The van der Waals surface area contributed by atoms with Crippen LogP contribution >= 0.6 is 18.8 Å². The van der Waals surface area contributed by atoms with E-state index in [1.807, 2.05) is 0 Å². The summed E-state index contributed by atoms with van der Waals surface area (Å²) in [5.41, 5.74) is 0. The van der Waals surface area contributed by atoms with E-state index in [0.717, 1.165) is 0 Å². The zero-order valence-electron chi connectivity index (χ0n) is 6.06. The van der Waals surface area contributed by atoms with E-state index < -0.39 is 14.5 Å². The second-order valence-corrected chi connectivity index (χ2v) is 13.9. The predicted molar refractivity (Wildman–Crippen MR) is 44.0 cm³/mol. The zero-order valence-corrected chi connectivity index (χ0v) is 9.84. The summed E-state index contributed by atoms with van der Waals surface area (Å²) in [6.45, 7) is 0. The van der Waals surface area contributed by atoms with Crippen LogP contribution in [0.3, 0.4) is 0 Å². The van der Waals surface area contributed by atoms with Gasteiger partial charge in [-0.05, 0) is 0 Å². The molecule has 0 heterocycles. The molecule has 70 valence electrons. The Hall–Kier alpha value is 1.19. The SMILES string of the molecule is [Cl][Pt]([Cl])([NH]C1CC1)[NH]C1CC1. The average molecular weight is 378 g/mol. The average Bonchev–Trinajstić information content (AvgIpc) is 2.60. The summed E-state index contributed by atoms with van der Waals surface area (Å²) in [5.74, 6) is 0. The molecule has 0 aromatic heterocycles. The number of rotatable bonds is 4. The fourth-order valence-corrected chi connectivity index (χ4v) is 7.73. The van der Waals surface area contributed by atoms with Crippen LogP contribution in [0.4, 0.5) is 0 Å². The van der Waals surface area contributed by atoms with Crippen molar-refractivity contribution in [3.8, 4) is 0 Å². The van der Waals surface area contributed by atoms with Gasteiger partial charge < -0.3 is 0 Å². The minimum absolute atomic E-state index is 0.618. The van der Waals surface area contributed by atoms with Crippen LogP contribution in [0.1, 0.15) is 25.7 Å². The molecule has 0 aromatic rings. The Morgan fingerprint density at radius 1 is 0.909 bits per heavy atom. The van der Waals surface area contributed by atoms with E-state index in [1.165, 1.54) is 25.7 Å². The molecule has 0 unspecified atom stereocenters. The Labute approximate surface area is 78.7 Å². The van der Waals surface area contributed by atoms with Crippen molar-refractivity contribution in [3.63, 3.8) is 0 Å². The summed E-state index contributed by atoms with van der Waals surface area (Å²) in [6, 6.07) is 1.24. The number of nitrogens with one attached hydrogen (secondary N) is 2. The maximum atomic E-state index is 6.13. The van der Waals surface area contributed by atoms with E-state index >= 15 is 0 Å². The van der Waals surface area contributed by atoms with Crippen LogP contribution in [0.15, 0.2) is 0 Å². The quantitative estimate of drug-likeness (QED) is 0.780. The van der Waals surface area contributed by atoms with E-state index in [-0.39, 0.29) is 0 Å². The Kier molecular flexibility index (Phi) is 2.52. The van der Waals surface area contributed by atoms with Gasteiger partial charge in [0.2, 0.25) is 0 Å². The standard InChI is InChI=1S/2C3H6N.2ClH.Pt/c2*4-3-1-2-3;;;/h2*3-4H,1-2H2;2*1H;/q2*-1;;;+4/p-2. The molecule has 2 aliphatic carbocycles. The van der Waals surface area contributed by atoms with E-state index in [2.05, 4.69) is 7.75 Å². The van der Waals surface area contributed by atoms with Crippen molar-refractivity contribution in [2.24, 2.45) is 0 Å². The van der Waals surface area contributed by atoms with Crippen molar-refractivity contribution in [2.75, 3.05) is 0 Å². The third-order valence-corrected chi connectivity index (χ3v) is 7.40. The molecule has 0 radical (unpaired) electrons. The van der Waals surface area contributed by atoms with Gasteiger partial charge in [0, 0.05) is 0 Å². The molecule has 2 N–H and O–H groups in total. The van der Waals surface area contributed by atoms with Gasteiger partial charge in [-0.25, -0.2) is 0 Å². The van der Waals surface area contributed by atoms with Gasteiger partial charge in [0.05, 0.1) is 0 Å². The Morgan fingerprint density at radius 3 is 1.55 bits per heavy atom. The normalized spacial score (nSPS) is 27.1. The third-order valence-electron chi connectivity index (χ3n) is 1.64. The first-order valence-corrected chi connectivity index (χ1v) is 11.7. The number of hydrogen-bond acceptors (Lipinski definition) is 2. The van der Waals surface area contributed by atoms with Crippen LogP contribution in [0, 0.1) is 0 Å². The fraction of sp³-hybridized carbons (Fsp3) is 1.00. The summed E-state index contributed by atoms with van der Waals surface area (Å²) in [4.78, 5) is 0. The molecule has 2 nitrogen and oxygen atoms in total. The minimum atomic E-state index is -2.67. The summed E-state index contributed by atoms with van der Waals surface area (Å²) < 4.78 is 6.60. The predicted octanol–water partition coefficient (Wildman–Crippen LogP) is 1.78. The second-order valence-electron chi connectivity index (χ2n) is 3.09. The number of halogens is 2. The first-order chi connectivity index (χ1) is 5.16. The molecule has 5 heteroatoms. The Balaban J connectivity index is 1.75. The molecule has 0 aliphatic heterocycles. The first-order valence-electron chi connectivity index (χ1n) is 3.77. The molecule has 0 atom stereocenters.